The molecule has 0 aromatic heterocycles. The van der Waals surface area contributed by atoms with Crippen LogP contribution in [-0.2, 0) is 0 Å². The van der Waals surface area contributed by atoms with Gasteiger partial charge in [-0.25, -0.2) is 0 Å². The molecule has 1 heterocycles. The Kier molecular flexibility index (Phi) is 3.20. The van der Waals surface area contributed by atoms with Gasteiger partial charge in [0.05, 0.1) is 13.1 Å². The second kappa shape index (κ2) is 3.97. The normalized spacial score (nSPS) is 28.5. The summed E-state index contributed by atoms with van der Waals surface area (Å²) in [6.45, 7) is 7.44. The zero-order chi connectivity index (χ0) is 7.40. The molecule has 0 aromatic carbocycles. The lowest BCUT2D eigenvalue weighted by molar-refractivity contribution is -0.653. The van der Waals surface area contributed by atoms with E-state index in [0.29, 0.717) is 0 Å². The molecule has 0 saturated carbocycles. The Labute approximate surface area is 64.2 Å². The minimum absolute atomic E-state index is 0.909. The summed E-state index contributed by atoms with van der Waals surface area (Å²) >= 11 is 0. The van der Waals surface area contributed by atoms with Crippen LogP contribution >= 0.6 is 0 Å². The van der Waals surface area contributed by atoms with Gasteiger partial charge in [-0.3, -0.25) is 0 Å². The van der Waals surface area contributed by atoms with E-state index in [2.05, 4.69) is 19.2 Å². The fourth-order valence-corrected chi connectivity index (χ4v) is 1.81. The topological polar surface area (TPSA) is 16.6 Å². The first-order chi connectivity index (χ1) is 4.80. The minimum Gasteiger partial charge on any atom is -0.346 e. The van der Waals surface area contributed by atoms with Gasteiger partial charge in [-0.05, 0) is 31.1 Å². The molecule has 2 N–H and O–H groups in total. The number of rotatable bonds is 1. The molecule has 1 unspecified atom stereocenters. The third-order valence-corrected chi connectivity index (χ3v) is 2.67. The van der Waals surface area contributed by atoms with Gasteiger partial charge in [0.15, 0.2) is 0 Å². The molecule has 0 amide bonds. The van der Waals surface area contributed by atoms with Crippen molar-refractivity contribution in [1.29, 1.82) is 0 Å². The summed E-state index contributed by atoms with van der Waals surface area (Å²) in [4.78, 5) is 0. The first-order valence-corrected chi connectivity index (χ1v) is 4.62. The summed E-state index contributed by atoms with van der Waals surface area (Å²) in [6.07, 6.45) is 4.34. The standard InChI is InChI=1S/C9H19N/c1-8(2)9-4-3-6-10-7-5-9/h8-10H,3-7H2,1-2H3/p+1. The molecule has 1 nitrogen and oxygen atoms in total. The van der Waals surface area contributed by atoms with Crippen LogP contribution in [-0.4, -0.2) is 13.1 Å². The van der Waals surface area contributed by atoms with E-state index in [4.69, 9.17) is 0 Å². The molecule has 60 valence electrons. The van der Waals surface area contributed by atoms with Crippen molar-refractivity contribution < 1.29 is 5.32 Å². The van der Waals surface area contributed by atoms with Crippen molar-refractivity contribution in [3.63, 3.8) is 0 Å². The van der Waals surface area contributed by atoms with E-state index >= 15 is 0 Å². The van der Waals surface area contributed by atoms with Gasteiger partial charge >= 0.3 is 0 Å². The Morgan fingerprint density at radius 1 is 1.20 bits per heavy atom. The largest absolute Gasteiger partial charge is 0.346 e. The minimum atomic E-state index is 0.909. The van der Waals surface area contributed by atoms with Crippen LogP contribution in [0.1, 0.15) is 33.1 Å². The smallest absolute Gasteiger partial charge is 0.0758 e. The summed E-state index contributed by atoms with van der Waals surface area (Å²) in [5, 5.41) is 2.46. The maximum Gasteiger partial charge on any atom is 0.0758 e. The Balaban J connectivity index is 2.28. The Morgan fingerprint density at radius 3 is 2.70 bits per heavy atom. The fraction of sp³-hybridized carbons (Fsp3) is 1.00. The third kappa shape index (κ3) is 2.30. The van der Waals surface area contributed by atoms with Crippen molar-refractivity contribution in [2.75, 3.05) is 13.1 Å². The molecule has 1 rings (SSSR count). The predicted octanol–water partition coefficient (Wildman–Crippen LogP) is 1.01. The van der Waals surface area contributed by atoms with Crippen molar-refractivity contribution in [3.8, 4) is 0 Å². The Bertz CT molecular complexity index is 80.7. The highest BCUT2D eigenvalue weighted by Crippen LogP contribution is 2.20. The zero-order valence-corrected chi connectivity index (χ0v) is 7.27. The molecule has 1 aliphatic heterocycles. The highest BCUT2D eigenvalue weighted by molar-refractivity contribution is 4.63. The summed E-state index contributed by atoms with van der Waals surface area (Å²) in [7, 11) is 0. The summed E-state index contributed by atoms with van der Waals surface area (Å²) in [5.74, 6) is 1.92. The third-order valence-electron chi connectivity index (χ3n) is 2.67. The maximum atomic E-state index is 2.46. The van der Waals surface area contributed by atoms with Crippen LogP contribution in [0.15, 0.2) is 0 Å². The molecule has 1 fully saturated rings. The molecule has 0 spiro atoms. The maximum absolute atomic E-state index is 2.46. The molecule has 0 aliphatic carbocycles. The summed E-state index contributed by atoms with van der Waals surface area (Å²) in [5.41, 5.74) is 0. The van der Waals surface area contributed by atoms with Gasteiger partial charge in [0.2, 0.25) is 0 Å². The first-order valence-electron chi connectivity index (χ1n) is 4.62. The molecule has 1 atom stereocenters. The fourth-order valence-electron chi connectivity index (χ4n) is 1.81. The second-order valence-corrected chi connectivity index (χ2v) is 3.80. The van der Waals surface area contributed by atoms with Crippen molar-refractivity contribution in [1.82, 2.24) is 0 Å². The lowest BCUT2D eigenvalue weighted by Crippen LogP contribution is -2.83. The molecule has 1 saturated heterocycles. The first kappa shape index (κ1) is 8.06. The van der Waals surface area contributed by atoms with Crippen molar-refractivity contribution >= 4 is 0 Å². The molecule has 0 radical (unpaired) electrons. The van der Waals surface area contributed by atoms with Gasteiger partial charge in [0, 0.05) is 0 Å². The van der Waals surface area contributed by atoms with Gasteiger partial charge in [0.25, 0.3) is 0 Å². The van der Waals surface area contributed by atoms with E-state index in [0.717, 1.165) is 11.8 Å². The van der Waals surface area contributed by atoms with Gasteiger partial charge in [-0.2, -0.15) is 0 Å². The van der Waals surface area contributed by atoms with E-state index < -0.39 is 0 Å². The van der Waals surface area contributed by atoms with E-state index in [1.54, 1.807) is 0 Å². The number of hydrogen-bond donors (Lipinski definition) is 1. The highest BCUT2D eigenvalue weighted by Gasteiger charge is 2.16. The number of nitrogens with two attached hydrogens (primary N) is 1. The quantitative estimate of drug-likeness (QED) is 0.562. The van der Waals surface area contributed by atoms with Crippen LogP contribution in [0.3, 0.4) is 0 Å². The highest BCUT2D eigenvalue weighted by atomic mass is 14.8. The number of hydrogen-bond acceptors (Lipinski definition) is 0. The predicted molar refractivity (Wildman–Crippen MR) is 43.8 cm³/mol. The average Bonchev–Trinajstić information content (AvgIpc) is 2.12. The molecule has 1 heteroatoms. The van der Waals surface area contributed by atoms with Gasteiger partial charge in [0.1, 0.15) is 0 Å². The lowest BCUT2D eigenvalue weighted by atomic mass is 9.89. The monoisotopic (exact) mass is 142 g/mol. The van der Waals surface area contributed by atoms with Crippen LogP contribution in [0.4, 0.5) is 0 Å². The number of quaternary nitrogens is 1. The van der Waals surface area contributed by atoms with E-state index in [1.807, 2.05) is 0 Å². The molecule has 10 heavy (non-hydrogen) atoms. The van der Waals surface area contributed by atoms with E-state index in [-0.39, 0.29) is 0 Å². The molecular weight excluding hydrogens is 122 g/mol. The SMILES string of the molecule is CC(C)C1CCC[NH2+]CC1. The summed E-state index contributed by atoms with van der Waals surface area (Å²) < 4.78 is 0. The Hall–Kier alpha value is -0.0400. The molecule has 0 aromatic rings. The summed E-state index contributed by atoms with van der Waals surface area (Å²) in [6, 6.07) is 0. The van der Waals surface area contributed by atoms with E-state index in [9.17, 15) is 0 Å². The van der Waals surface area contributed by atoms with Crippen LogP contribution in [0, 0.1) is 11.8 Å². The van der Waals surface area contributed by atoms with Crippen molar-refractivity contribution in [3.05, 3.63) is 0 Å². The van der Waals surface area contributed by atoms with Crippen molar-refractivity contribution in [2.45, 2.75) is 33.1 Å². The van der Waals surface area contributed by atoms with Crippen molar-refractivity contribution in [2.24, 2.45) is 11.8 Å². The second-order valence-electron chi connectivity index (χ2n) is 3.80. The molecule has 0 bridgehead atoms. The van der Waals surface area contributed by atoms with E-state index in [1.165, 1.54) is 32.4 Å². The average molecular weight is 142 g/mol. The van der Waals surface area contributed by atoms with Gasteiger partial charge < -0.3 is 5.32 Å². The molecule has 1 aliphatic rings. The zero-order valence-electron chi connectivity index (χ0n) is 7.27. The van der Waals surface area contributed by atoms with Crippen LogP contribution in [0.5, 0.6) is 0 Å². The van der Waals surface area contributed by atoms with Crippen LogP contribution < -0.4 is 5.32 Å². The van der Waals surface area contributed by atoms with Crippen LogP contribution in [0.2, 0.25) is 0 Å². The molecular formula is C9H20N+. The Morgan fingerprint density at radius 2 is 2.00 bits per heavy atom. The lowest BCUT2D eigenvalue weighted by Gasteiger charge is -2.15. The van der Waals surface area contributed by atoms with Gasteiger partial charge in [-0.15, -0.1) is 0 Å². The van der Waals surface area contributed by atoms with Gasteiger partial charge in [-0.1, -0.05) is 13.8 Å². The van der Waals surface area contributed by atoms with Crippen LogP contribution in [0.25, 0.3) is 0 Å².